The SMILES string of the molecule is Cc1ccc(C(C)NCCCN2CCC(C)CC2)cc1. The lowest BCUT2D eigenvalue weighted by molar-refractivity contribution is 0.190. The number of nitrogens with one attached hydrogen (secondary N) is 1. The molecule has 2 rings (SSSR count). The van der Waals surface area contributed by atoms with Crippen molar-refractivity contribution in [3.8, 4) is 0 Å². The molecule has 1 fully saturated rings. The van der Waals surface area contributed by atoms with Crippen molar-refractivity contribution >= 4 is 0 Å². The minimum Gasteiger partial charge on any atom is -0.310 e. The van der Waals surface area contributed by atoms with Crippen molar-refractivity contribution in [1.82, 2.24) is 10.2 Å². The highest BCUT2D eigenvalue weighted by atomic mass is 15.1. The first-order valence-electron chi connectivity index (χ1n) is 8.17. The summed E-state index contributed by atoms with van der Waals surface area (Å²) in [7, 11) is 0. The van der Waals surface area contributed by atoms with E-state index in [0.29, 0.717) is 6.04 Å². The summed E-state index contributed by atoms with van der Waals surface area (Å²) in [4.78, 5) is 2.62. The average Bonchev–Trinajstić information content (AvgIpc) is 2.46. The second kappa shape index (κ2) is 7.80. The van der Waals surface area contributed by atoms with Crippen LogP contribution in [0.5, 0.6) is 0 Å². The zero-order valence-electron chi connectivity index (χ0n) is 13.4. The van der Waals surface area contributed by atoms with Gasteiger partial charge < -0.3 is 10.2 Å². The normalized spacial score (nSPS) is 19.1. The molecule has 1 N–H and O–H groups in total. The monoisotopic (exact) mass is 274 g/mol. The van der Waals surface area contributed by atoms with Crippen molar-refractivity contribution in [2.45, 2.75) is 46.1 Å². The number of likely N-dealkylation sites (tertiary alicyclic amines) is 1. The largest absolute Gasteiger partial charge is 0.310 e. The highest BCUT2D eigenvalue weighted by molar-refractivity contribution is 5.23. The van der Waals surface area contributed by atoms with E-state index in [1.165, 1.54) is 50.0 Å². The summed E-state index contributed by atoms with van der Waals surface area (Å²) in [6, 6.07) is 9.32. The molecule has 0 bridgehead atoms. The van der Waals surface area contributed by atoms with E-state index >= 15 is 0 Å². The van der Waals surface area contributed by atoms with Gasteiger partial charge in [0.15, 0.2) is 0 Å². The maximum Gasteiger partial charge on any atom is 0.0291 e. The van der Waals surface area contributed by atoms with E-state index < -0.39 is 0 Å². The first-order chi connectivity index (χ1) is 9.65. The molecule has 1 aromatic rings. The predicted octanol–water partition coefficient (Wildman–Crippen LogP) is 3.77. The van der Waals surface area contributed by atoms with E-state index in [4.69, 9.17) is 0 Å². The highest BCUT2D eigenvalue weighted by Crippen LogP contribution is 2.16. The third-order valence-corrected chi connectivity index (χ3v) is 4.56. The lowest BCUT2D eigenvalue weighted by Gasteiger charge is -2.30. The summed E-state index contributed by atoms with van der Waals surface area (Å²) in [6.45, 7) is 11.7. The Labute approximate surface area is 124 Å². The van der Waals surface area contributed by atoms with Crippen LogP contribution in [-0.2, 0) is 0 Å². The van der Waals surface area contributed by atoms with Gasteiger partial charge in [-0.05, 0) is 70.8 Å². The van der Waals surface area contributed by atoms with Crippen molar-refractivity contribution in [3.63, 3.8) is 0 Å². The molecule has 1 atom stereocenters. The van der Waals surface area contributed by atoms with Crippen LogP contribution in [0.2, 0.25) is 0 Å². The highest BCUT2D eigenvalue weighted by Gasteiger charge is 2.14. The van der Waals surface area contributed by atoms with Gasteiger partial charge in [0.1, 0.15) is 0 Å². The molecule has 1 heterocycles. The van der Waals surface area contributed by atoms with Gasteiger partial charge in [0.2, 0.25) is 0 Å². The van der Waals surface area contributed by atoms with Gasteiger partial charge in [-0.3, -0.25) is 0 Å². The predicted molar refractivity (Wildman–Crippen MR) is 87.1 cm³/mol. The van der Waals surface area contributed by atoms with E-state index in [9.17, 15) is 0 Å². The number of hydrogen-bond acceptors (Lipinski definition) is 2. The van der Waals surface area contributed by atoms with Crippen LogP contribution in [0, 0.1) is 12.8 Å². The number of piperidine rings is 1. The molecule has 112 valence electrons. The van der Waals surface area contributed by atoms with Gasteiger partial charge in [-0.25, -0.2) is 0 Å². The van der Waals surface area contributed by atoms with Gasteiger partial charge in [-0.2, -0.15) is 0 Å². The maximum absolute atomic E-state index is 3.64. The molecular formula is C18H30N2. The summed E-state index contributed by atoms with van der Waals surface area (Å²) >= 11 is 0. The molecule has 2 nitrogen and oxygen atoms in total. The number of benzene rings is 1. The van der Waals surface area contributed by atoms with Crippen molar-refractivity contribution in [3.05, 3.63) is 35.4 Å². The van der Waals surface area contributed by atoms with Crippen LogP contribution in [0.15, 0.2) is 24.3 Å². The summed E-state index contributed by atoms with van der Waals surface area (Å²) < 4.78 is 0. The van der Waals surface area contributed by atoms with E-state index in [-0.39, 0.29) is 0 Å². The van der Waals surface area contributed by atoms with Crippen molar-refractivity contribution < 1.29 is 0 Å². The van der Waals surface area contributed by atoms with Crippen LogP contribution in [0.1, 0.15) is 50.3 Å². The number of hydrogen-bond donors (Lipinski definition) is 1. The van der Waals surface area contributed by atoms with Gasteiger partial charge in [0.25, 0.3) is 0 Å². The molecule has 1 aliphatic heterocycles. The van der Waals surface area contributed by atoms with E-state index in [2.05, 4.69) is 55.3 Å². The van der Waals surface area contributed by atoms with E-state index in [0.717, 1.165) is 12.5 Å². The molecule has 0 spiro atoms. The van der Waals surface area contributed by atoms with Gasteiger partial charge in [-0.1, -0.05) is 36.8 Å². The summed E-state index contributed by atoms with van der Waals surface area (Å²) in [5.41, 5.74) is 2.72. The lowest BCUT2D eigenvalue weighted by atomic mass is 9.99. The van der Waals surface area contributed by atoms with Gasteiger partial charge in [0.05, 0.1) is 0 Å². The minimum absolute atomic E-state index is 0.456. The third kappa shape index (κ3) is 4.92. The molecule has 1 aliphatic rings. The fourth-order valence-electron chi connectivity index (χ4n) is 2.88. The molecule has 0 amide bonds. The Kier molecular flexibility index (Phi) is 6.06. The lowest BCUT2D eigenvalue weighted by Crippen LogP contribution is -2.35. The van der Waals surface area contributed by atoms with Crippen LogP contribution in [0.25, 0.3) is 0 Å². The molecule has 1 unspecified atom stereocenters. The van der Waals surface area contributed by atoms with Crippen LogP contribution < -0.4 is 5.32 Å². The van der Waals surface area contributed by atoms with Crippen LogP contribution in [0.3, 0.4) is 0 Å². The summed E-state index contributed by atoms with van der Waals surface area (Å²) in [5, 5.41) is 3.64. The molecule has 0 radical (unpaired) electrons. The smallest absolute Gasteiger partial charge is 0.0291 e. The Balaban J connectivity index is 1.62. The molecule has 0 aliphatic carbocycles. The fourth-order valence-corrected chi connectivity index (χ4v) is 2.88. The average molecular weight is 274 g/mol. The Morgan fingerprint density at radius 1 is 1.20 bits per heavy atom. The van der Waals surface area contributed by atoms with Crippen LogP contribution in [0.4, 0.5) is 0 Å². The second-order valence-electron chi connectivity index (χ2n) is 6.46. The maximum atomic E-state index is 3.64. The first kappa shape index (κ1) is 15.5. The Morgan fingerprint density at radius 3 is 2.50 bits per heavy atom. The van der Waals surface area contributed by atoms with Crippen molar-refractivity contribution in [2.24, 2.45) is 5.92 Å². The summed E-state index contributed by atoms with van der Waals surface area (Å²) in [6.07, 6.45) is 4.02. The number of nitrogens with zero attached hydrogens (tertiary/aromatic N) is 1. The zero-order valence-corrected chi connectivity index (χ0v) is 13.4. The van der Waals surface area contributed by atoms with Crippen molar-refractivity contribution in [1.29, 1.82) is 0 Å². The Morgan fingerprint density at radius 2 is 1.85 bits per heavy atom. The third-order valence-electron chi connectivity index (χ3n) is 4.56. The van der Waals surface area contributed by atoms with Gasteiger partial charge >= 0.3 is 0 Å². The summed E-state index contributed by atoms with van der Waals surface area (Å²) in [5.74, 6) is 0.936. The molecule has 0 aromatic heterocycles. The number of rotatable bonds is 6. The molecular weight excluding hydrogens is 244 g/mol. The van der Waals surface area contributed by atoms with E-state index in [1.54, 1.807) is 0 Å². The van der Waals surface area contributed by atoms with Gasteiger partial charge in [-0.15, -0.1) is 0 Å². The molecule has 20 heavy (non-hydrogen) atoms. The number of aryl methyl sites for hydroxylation is 1. The quantitative estimate of drug-likeness (QED) is 0.794. The molecule has 1 saturated heterocycles. The van der Waals surface area contributed by atoms with Crippen LogP contribution in [-0.4, -0.2) is 31.1 Å². The topological polar surface area (TPSA) is 15.3 Å². The van der Waals surface area contributed by atoms with Crippen LogP contribution >= 0.6 is 0 Å². The fraction of sp³-hybridized carbons (Fsp3) is 0.667. The van der Waals surface area contributed by atoms with Crippen molar-refractivity contribution in [2.75, 3.05) is 26.2 Å². The minimum atomic E-state index is 0.456. The standard InChI is InChI=1S/C18H30N2/c1-15-5-7-18(8-6-15)17(3)19-11-4-12-20-13-9-16(2)10-14-20/h5-8,16-17,19H,4,9-14H2,1-3H3. The van der Waals surface area contributed by atoms with E-state index in [1.807, 2.05) is 0 Å². The zero-order chi connectivity index (χ0) is 14.4. The van der Waals surface area contributed by atoms with Gasteiger partial charge in [0, 0.05) is 6.04 Å². The molecule has 2 heteroatoms. The Bertz CT molecular complexity index is 377. The molecule has 1 aromatic carbocycles. The first-order valence-corrected chi connectivity index (χ1v) is 8.17. The Hall–Kier alpha value is -0.860. The second-order valence-corrected chi connectivity index (χ2v) is 6.46. The molecule has 0 saturated carbocycles.